The van der Waals surface area contributed by atoms with E-state index in [1.54, 1.807) is 0 Å². The van der Waals surface area contributed by atoms with E-state index in [1.807, 2.05) is 0 Å². The van der Waals surface area contributed by atoms with Crippen LogP contribution in [0.4, 0.5) is 0 Å². The average Bonchev–Trinajstić information content (AvgIpc) is 2.15. The van der Waals surface area contributed by atoms with Gasteiger partial charge in [-0.3, -0.25) is 0 Å². The van der Waals surface area contributed by atoms with Crippen LogP contribution in [0.2, 0.25) is 0 Å². The summed E-state index contributed by atoms with van der Waals surface area (Å²) < 4.78 is 0. The molecule has 0 aromatic heterocycles. The van der Waals surface area contributed by atoms with Gasteiger partial charge in [0.15, 0.2) is 0 Å². The van der Waals surface area contributed by atoms with Gasteiger partial charge in [-0.05, 0) is 23.5 Å². The lowest BCUT2D eigenvalue weighted by molar-refractivity contribution is 0.836. The Morgan fingerprint density at radius 3 is 2.54 bits per heavy atom. The molecule has 0 nitrogen and oxygen atoms in total. The van der Waals surface area contributed by atoms with Crippen LogP contribution in [-0.2, 0) is 6.42 Å². The lowest BCUT2D eigenvalue weighted by atomic mass is 10.0. The van der Waals surface area contributed by atoms with E-state index in [2.05, 4.69) is 57.2 Å². The molecule has 0 unspecified atom stereocenters. The van der Waals surface area contributed by atoms with Crippen LogP contribution in [0.5, 0.6) is 0 Å². The summed E-state index contributed by atoms with van der Waals surface area (Å²) in [4.78, 5) is 0. The number of rotatable bonds is 3. The highest BCUT2D eigenvalue weighted by Gasteiger charge is 1.94. The summed E-state index contributed by atoms with van der Waals surface area (Å²) in [5.41, 5.74) is 2.79. The number of benzene rings is 1. The summed E-state index contributed by atoms with van der Waals surface area (Å²) >= 11 is 0. The van der Waals surface area contributed by atoms with Crippen molar-refractivity contribution in [3.63, 3.8) is 0 Å². The van der Waals surface area contributed by atoms with Gasteiger partial charge >= 0.3 is 0 Å². The Balaban J connectivity index is 2.87. The lowest BCUT2D eigenvalue weighted by Crippen LogP contribution is -1.85. The minimum atomic E-state index is 0.630. The normalized spacial score (nSPS) is 11.4. The van der Waals surface area contributed by atoms with E-state index in [4.69, 9.17) is 0 Å². The summed E-state index contributed by atoms with van der Waals surface area (Å²) in [7, 11) is 0. The SMILES string of the molecule is CCc1ccccc1/C=C/C(C)C. The van der Waals surface area contributed by atoms with E-state index in [0.717, 1.165) is 6.42 Å². The van der Waals surface area contributed by atoms with Gasteiger partial charge in [-0.25, -0.2) is 0 Å². The first-order valence-electron chi connectivity index (χ1n) is 5.00. The highest BCUT2D eigenvalue weighted by atomic mass is 14.0. The Morgan fingerprint density at radius 2 is 1.92 bits per heavy atom. The second kappa shape index (κ2) is 4.86. The summed E-state index contributed by atoms with van der Waals surface area (Å²) in [6.45, 7) is 6.60. The molecule has 0 aliphatic rings. The van der Waals surface area contributed by atoms with E-state index < -0.39 is 0 Å². The highest BCUT2D eigenvalue weighted by molar-refractivity contribution is 5.53. The third-order valence-electron chi connectivity index (χ3n) is 2.10. The number of hydrogen-bond donors (Lipinski definition) is 0. The van der Waals surface area contributed by atoms with Crippen molar-refractivity contribution in [3.8, 4) is 0 Å². The fourth-order valence-corrected chi connectivity index (χ4v) is 1.31. The van der Waals surface area contributed by atoms with Crippen molar-refractivity contribution in [2.45, 2.75) is 27.2 Å². The van der Waals surface area contributed by atoms with E-state index in [9.17, 15) is 0 Å². The summed E-state index contributed by atoms with van der Waals surface area (Å²) in [5.74, 6) is 0.630. The van der Waals surface area contributed by atoms with Crippen LogP contribution in [0.25, 0.3) is 6.08 Å². The third-order valence-corrected chi connectivity index (χ3v) is 2.10. The molecule has 0 bridgehead atoms. The van der Waals surface area contributed by atoms with Crippen LogP contribution in [0.3, 0.4) is 0 Å². The summed E-state index contributed by atoms with van der Waals surface area (Å²) in [6.07, 6.45) is 5.58. The van der Waals surface area contributed by atoms with Crippen molar-refractivity contribution in [1.29, 1.82) is 0 Å². The molecule has 0 saturated carbocycles. The molecular formula is C13H18. The molecule has 1 rings (SSSR count). The lowest BCUT2D eigenvalue weighted by Gasteiger charge is -2.02. The van der Waals surface area contributed by atoms with Crippen LogP contribution in [0.15, 0.2) is 30.3 Å². The first-order chi connectivity index (χ1) is 6.24. The minimum absolute atomic E-state index is 0.630. The van der Waals surface area contributed by atoms with Gasteiger partial charge in [0.25, 0.3) is 0 Å². The van der Waals surface area contributed by atoms with Gasteiger partial charge in [-0.15, -0.1) is 0 Å². The van der Waals surface area contributed by atoms with Crippen molar-refractivity contribution in [2.24, 2.45) is 5.92 Å². The van der Waals surface area contributed by atoms with Crippen LogP contribution in [-0.4, -0.2) is 0 Å². The van der Waals surface area contributed by atoms with Crippen molar-refractivity contribution in [1.82, 2.24) is 0 Å². The maximum Gasteiger partial charge on any atom is -0.0228 e. The third kappa shape index (κ3) is 3.06. The molecule has 70 valence electrons. The highest BCUT2D eigenvalue weighted by Crippen LogP contribution is 2.12. The predicted molar refractivity (Wildman–Crippen MR) is 59.7 cm³/mol. The molecule has 0 heterocycles. The molecule has 0 amide bonds. The van der Waals surface area contributed by atoms with E-state index in [-0.39, 0.29) is 0 Å². The minimum Gasteiger partial charge on any atom is -0.0814 e. The first-order valence-corrected chi connectivity index (χ1v) is 5.00. The molecule has 0 spiro atoms. The molecule has 0 fully saturated rings. The molecule has 1 aromatic rings. The zero-order chi connectivity index (χ0) is 9.68. The van der Waals surface area contributed by atoms with E-state index >= 15 is 0 Å². The van der Waals surface area contributed by atoms with Crippen molar-refractivity contribution in [2.75, 3.05) is 0 Å². The zero-order valence-corrected chi connectivity index (χ0v) is 8.75. The molecule has 0 atom stereocenters. The average molecular weight is 174 g/mol. The topological polar surface area (TPSA) is 0 Å². The Hall–Kier alpha value is -1.04. The van der Waals surface area contributed by atoms with Crippen molar-refractivity contribution >= 4 is 6.08 Å². The number of aryl methyl sites for hydroxylation is 1. The van der Waals surface area contributed by atoms with Crippen molar-refractivity contribution in [3.05, 3.63) is 41.5 Å². The second-order valence-corrected chi connectivity index (χ2v) is 3.66. The number of allylic oxidation sites excluding steroid dienone is 1. The van der Waals surface area contributed by atoms with Crippen molar-refractivity contribution < 1.29 is 0 Å². The van der Waals surface area contributed by atoms with Crippen LogP contribution in [0, 0.1) is 5.92 Å². The van der Waals surface area contributed by atoms with E-state index in [1.165, 1.54) is 11.1 Å². The summed E-state index contributed by atoms with van der Waals surface area (Å²) in [6, 6.07) is 8.57. The molecule has 0 heteroatoms. The van der Waals surface area contributed by atoms with Gasteiger partial charge in [-0.2, -0.15) is 0 Å². The Morgan fingerprint density at radius 1 is 1.23 bits per heavy atom. The van der Waals surface area contributed by atoms with Crippen LogP contribution >= 0.6 is 0 Å². The molecule has 0 aliphatic carbocycles. The summed E-state index contributed by atoms with van der Waals surface area (Å²) in [5, 5.41) is 0. The van der Waals surface area contributed by atoms with Gasteiger partial charge in [0.05, 0.1) is 0 Å². The second-order valence-electron chi connectivity index (χ2n) is 3.66. The molecular weight excluding hydrogens is 156 g/mol. The molecule has 0 saturated heterocycles. The largest absolute Gasteiger partial charge is 0.0814 e. The molecule has 0 N–H and O–H groups in total. The fraction of sp³-hybridized carbons (Fsp3) is 0.385. The fourth-order valence-electron chi connectivity index (χ4n) is 1.31. The monoisotopic (exact) mass is 174 g/mol. The van der Waals surface area contributed by atoms with Gasteiger partial charge < -0.3 is 0 Å². The maximum atomic E-state index is 2.24. The van der Waals surface area contributed by atoms with Gasteiger partial charge in [-0.1, -0.05) is 57.2 Å². The standard InChI is InChI=1S/C13H18/c1-4-12-7-5-6-8-13(12)10-9-11(2)3/h5-11H,4H2,1-3H3/b10-9+. The molecule has 0 radical (unpaired) electrons. The first kappa shape index (κ1) is 10.0. The van der Waals surface area contributed by atoms with Gasteiger partial charge in [0.2, 0.25) is 0 Å². The van der Waals surface area contributed by atoms with Crippen LogP contribution in [0.1, 0.15) is 31.9 Å². The van der Waals surface area contributed by atoms with E-state index in [0.29, 0.717) is 5.92 Å². The smallest absolute Gasteiger partial charge is 0.0228 e. The number of hydrogen-bond acceptors (Lipinski definition) is 0. The predicted octanol–water partition coefficient (Wildman–Crippen LogP) is 3.92. The maximum absolute atomic E-state index is 2.24. The zero-order valence-electron chi connectivity index (χ0n) is 8.75. The molecule has 1 aromatic carbocycles. The molecule has 0 aliphatic heterocycles. The Bertz CT molecular complexity index is 282. The van der Waals surface area contributed by atoms with Gasteiger partial charge in [0.1, 0.15) is 0 Å². The van der Waals surface area contributed by atoms with Crippen LogP contribution < -0.4 is 0 Å². The Labute approximate surface area is 81.3 Å². The Kier molecular flexibility index (Phi) is 3.75. The molecule has 13 heavy (non-hydrogen) atoms. The van der Waals surface area contributed by atoms with Gasteiger partial charge in [0, 0.05) is 0 Å². The quantitative estimate of drug-likeness (QED) is 0.651.